The summed E-state index contributed by atoms with van der Waals surface area (Å²) in [6, 6.07) is 6.62. The molecular weight excluding hydrogens is 551 g/mol. The van der Waals surface area contributed by atoms with Gasteiger partial charge in [-0.1, -0.05) is 6.92 Å². The summed E-state index contributed by atoms with van der Waals surface area (Å²) in [5.41, 5.74) is 12.6. The van der Waals surface area contributed by atoms with Gasteiger partial charge in [0, 0.05) is 55.8 Å². The Morgan fingerprint density at radius 2 is 2.14 bits per heavy atom. The van der Waals surface area contributed by atoms with Crippen molar-refractivity contribution in [1.29, 1.82) is 0 Å². The van der Waals surface area contributed by atoms with Crippen LogP contribution in [0.5, 0.6) is 5.75 Å². The third-order valence-electron chi connectivity index (χ3n) is 7.62. The second kappa shape index (κ2) is 13.2. The van der Waals surface area contributed by atoms with Gasteiger partial charge in [-0.25, -0.2) is 13.9 Å². The van der Waals surface area contributed by atoms with Gasteiger partial charge in [0.25, 0.3) is 5.91 Å². The highest BCUT2D eigenvalue weighted by Gasteiger charge is 2.20. The smallest absolute Gasteiger partial charge is 0.269 e. The van der Waals surface area contributed by atoms with E-state index in [2.05, 4.69) is 31.0 Å². The number of carbonyl (C=O) groups is 1. The van der Waals surface area contributed by atoms with Crippen molar-refractivity contribution < 1.29 is 19.0 Å². The Morgan fingerprint density at radius 3 is 2.86 bits per heavy atom. The summed E-state index contributed by atoms with van der Waals surface area (Å²) in [5, 5.41) is 24.3. The number of aliphatic imine (C=N–C) groups is 1. The first-order valence-electron chi connectivity index (χ1n) is 14.4. The molecule has 12 heteroatoms. The van der Waals surface area contributed by atoms with Gasteiger partial charge in [-0.2, -0.15) is 5.10 Å². The van der Waals surface area contributed by atoms with E-state index in [1.165, 1.54) is 12.1 Å². The molecule has 1 atom stereocenters. The number of nitrogens with zero attached hydrogens (tertiary/aromatic N) is 4. The van der Waals surface area contributed by atoms with Gasteiger partial charge < -0.3 is 31.5 Å². The maximum Gasteiger partial charge on any atom is 0.269 e. The van der Waals surface area contributed by atoms with Crippen molar-refractivity contribution in [2.24, 2.45) is 10.7 Å². The van der Waals surface area contributed by atoms with Crippen molar-refractivity contribution >= 4 is 28.6 Å². The highest BCUT2D eigenvalue weighted by atomic mass is 19.1. The first-order valence-corrected chi connectivity index (χ1v) is 14.4. The van der Waals surface area contributed by atoms with E-state index < -0.39 is 11.6 Å². The van der Waals surface area contributed by atoms with E-state index in [4.69, 9.17) is 10.5 Å². The number of aryl methyl sites for hydroxylation is 2. The number of carbonyl (C=O) groups excluding carboxylic acids is 1. The van der Waals surface area contributed by atoms with E-state index in [0.29, 0.717) is 54.7 Å². The molecule has 0 aliphatic carbocycles. The van der Waals surface area contributed by atoms with E-state index in [1.54, 1.807) is 30.1 Å². The Bertz CT molecular complexity index is 1660. The summed E-state index contributed by atoms with van der Waals surface area (Å²) in [5.74, 6) is -1.28. The van der Waals surface area contributed by atoms with Crippen LogP contribution in [0, 0.1) is 12.7 Å². The summed E-state index contributed by atoms with van der Waals surface area (Å²) >= 11 is 0. The molecule has 0 unspecified atom stereocenters. The number of fused-ring (bicyclic) bond motifs is 1. The number of aromatic nitrogens is 3. The monoisotopic (exact) mass is 588 g/mol. The van der Waals surface area contributed by atoms with Crippen LogP contribution in [0.1, 0.15) is 46.9 Å². The maximum atomic E-state index is 14.2. The van der Waals surface area contributed by atoms with E-state index in [9.17, 15) is 14.3 Å². The number of methoxy groups -OCH3 is 1. The number of pyridine rings is 1. The first-order chi connectivity index (χ1) is 20.8. The Hall–Kier alpha value is -4.55. The van der Waals surface area contributed by atoms with Gasteiger partial charge in [-0.15, -0.1) is 0 Å². The van der Waals surface area contributed by atoms with Crippen molar-refractivity contribution in [1.82, 2.24) is 25.2 Å². The zero-order valence-corrected chi connectivity index (χ0v) is 24.6. The average Bonchev–Trinajstić information content (AvgIpc) is 3.68. The third kappa shape index (κ3) is 6.60. The summed E-state index contributed by atoms with van der Waals surface area (Å²) in [7, 11) is 1.58. The predicted molar refractivity (Wildman–Crippen MR) is 165 cm³/mol. The second-order valence-electron chi connectivity index (χ2n) is 10.6. The zero-order chi connectivity index (χ0) is 30.5. The number of aromatic hydroxyl groups is 1. The largest absolute Gasteiger partial charge is 0.505 e. The average molecular weight is 589 g/mol. The zero-order valence-electron chi connectivity index (χ0n) is 24.6. The fourth-order valence-corrected chi connectivity index (χ4v) is 5.25. The minimum Gasteiger partial charge on any atom is -0.505 e. The molecule has 1 amide bonds. The molecule has 1 fully saturated rings. The number of benzene rings is 1. The fraction of sp³-hybridized carbons (Fsp3) is 0.355. The molecule has 226 valence electrons. The Morgan fingerprint density at radius 1 is 1.30 bits per heavy atom. The number of ether oxygens (including phenoxy) is 1. The van der Waals surface area contributed by atoms with Crippen molar-refractivity contribution in [3.63, 3.8) is 0 Å². The lowest BCUT2D eigenvalue weighted by atomic mass is 10.0. The molecule has 1 aliphatic rings. The topological polar surface area (TPSA) is 151 Å². The quantitative estimate of drug-likeness (QED) is 0.101. The molecule has 0 bridgehead atoms. The number of nitrogens with one attached hydrogen (secondary N) is 3. The molecule has 11 nitrogen and oxygen atoms in total. The van der Waals surface area contributed by atoms with Crippen molar-refractivity contribution in [2.45, 2.75) is 39.2 Å². The number of amidine groups is 1. The normalized spacial score (nSPS) is 15.3. The number of phenols is 1. The summed E-state index contributed by atoms with van der Waals surface area (Å²) < 4.78 is 21.0. The van der Waals surface area contributed by atoms with Crippen LogP contribution in [0.15, 0.2) is 47.8 Å². The maximum absolute atomic E-state index is 14.2. The van der Waals surface area contributed by atoms with Crippen LogP contribution in [-0.4, -0.2) is 70.8 Å². The van der Waals surface area contributed by atoms with Gasteiger partial charge >= 0.3 is 0 Å². The Balaban J connectivity index is 1.53. The van der Waals surface area contributed by atoms with E-state index in [1.807, 2.05) is 26.1 Å². The number of anilines is 1. The van der Waals surface area contributed by atoms with Crippen LogP contribution in [0.3, 0.4) is 0 Å². The van der Waals surface area contributed by atoms with Gasteiger partial charge in [-0.3, -0.25) is 9.78 Å². The molecule has 43 heavy (non-hydrogen) atoms. The van der Waals surface area contributed by atoms with E-state index in [0.717, 1.165) is 47.3 Å². The molecule has 3 aromatic heterocycles. The van der Waals surface area contributed by atoms with Crippen LogP contribution in [-0.2, 0) is 11.2 Å². The van der Waals surface area contributed by atoms with Gasteiger partial charge in [0.15, 0.2) is 11.6 Å². The molecule has 4 heterocycles. The van der Waals surface area contributed by atoms with Crippen LogP contribution in [0.2, 0.25) is 0 Å². The molecule has 0 saturated carbocycles. The second-order valence-corrected chi connectivity index (χ2v) is 10.6. The lowest BCUT2D eigenvalue weighted by Gasteiger charge is -2.17. The number of halogens is 1. The molecule has 0 spiro atoms. The van der Waals surface area contributed by atoms with Crippen molar-refractivity contribution in [3.8, 4) is 16.9 Å². The summed E-state index contributed by atoms with van der Waals surface area (Å²) in [4.78, 5) is 21.4. The van der Waals surface area contributed by atoms with Crippen LogP contribution >= 0.6 is 0 Å². The highest BCUT2D eigenvalue weighted by molar-refractivity contribution is 6.06. The van der Waals surface area contributed by atoms with E-state index >= 15 is 0 Å². The molecule has 1 aliphatic heterocycles. The number of hydrogen-bond donors (Lipinski definition) is 5. The highest BCUT2D eigenvalue weighted by Crippen LogP contribution is 2.32. The van der Waals surface area contributed by atoms with Crippen LogP contribution < -0.4 is 21.7 Å². The first kappa shape index (κ1) is 29.9. The van der Waals surface area contributed by atoms with Gasteiger partial charge in [0.1, 0.15) is 11.5 Å². The minimum atomic E-state index is -0.762. The SMILES string of the molecule is CCc1cc(O)c(F)cc1N=C(N)c1cnn2cc(-c3cnc(C(=O)NCCOC)cc3C)cc2c1NC[C@H]1CCCN1. The standard InChI is InChI=1S/C31H37FN8O3/c1-4-19-12-28(41)24(32)13-25(19)39-30(33)23-16-38-40-17-20(11-27(40)29(23)37-14-21-6-5-7-34-21)22-15-36-26(10-18(22)2)31(42)35-8-9-43-3/h10-13,15-17,21,34,37,41H,4-9,14H2,1-3H3,(H2,33,39)(H,35,42)/t21-/m1/s1. The number of nitrogens with two attached hydrogens (primary N) is 1. The predicted octanol–water partition coefficient (Wildman–Crippen LogP) is 3.69. The lowest BCUT2D eigenvalue weighted by Crippen LogP contribution is -2.30. The Labute approximate surface area is 249 Å². The number of amides is 1. The van der Waals surface area contributed by atoms with Crippen LogP contribution in [0.25, 0.3) is 16.6 Å². The molecule has 1 saturated heterocycles. The lowest BCUT2D eigenvalue weighted by molar-refractivity contribution is 0.0932. The van der Waals surface area contributed by atoms with Crippen molar-refractivity contribution in [3.05, 3.63) is 71.1 Å². The summed E-state index contributed by atoms with van der Waals surface area (Å²) in [6.45, 7) is 6.29. The molecule has 1 aromatic carbocycles. The van der Waals surface area contributed by atoms with Gasteiger partial charge in [0.05, 0.1) is 35.3 Å². The van der Waals surface area contributed by atoms with E-state index in [-0.39, 0.29) is 11.7 Å². The minimum absolute atomic E-state index is 0.168. The summed E-state index contributed by atoms with van der Waals surface area (Å²) in [6.07, 6.45) is 7.94. The van der Waals surface area contributed by atoms with Gasteiger partial charge in [0.2, 0.25) is 0 Å². The number of rotatable bonds is 11. The molecule has 5 rings (SSSR count). The number of hydrogen-bond acceptors (Lipinski definition) is 8. The Kier molecular flexibility index (Phi) is 9.17. The fourth-order valence-electron chi connectivity index (χ4n) is 5.25. The molecular formula is C31H37FN8O3. The molecule has 4 aromatic rings. The van der Waals surface area contributed by atoms with Crippen LogP contribution in [0.4, 0.5) is 15.8 Å². The molecule has 6 N–H and O–H groups in total. The third-order valence-corrected chi connectivity index (χ3v) is 7.62. The molecule has 0 radical (unpaired) electrons. The van der Waals surface area contributed by atoms with Gasteiger partial charge in [-0.05, 0) is 62.1 Å². The number of phenolic OH excluding ortho intramolecular Hbond substituents is 1. The van der Waals surface area contributed by atoms with Crippen molar-refractivity contribution in [2.75, 3.05) is 38.7 Å².